The van der Waals surface area contributed by atoms with Crippen molar-refractivity contribution in [3.05, 3.63) is 106 Å². The Balaban J connectivity index is 1.72. The molecule has 192 valence electrons. The van der Waals surface area contributed by atoms with Crippen LogP contribution in [0.5, 0.6) is 0 Å². The maximum atomic E-state index is 13.3. The molecule has 37 heavy (non-hydrogen) atoms. The minimum absolute atomic E-state index is 0.0629. The van der Waals surface area contributed by atoms with Gasteiger partial charge in [0.2, 0.25) is 0 Å². The van der Waals surface area contributed by atoms with Crippen molar-refractivity contribution in [2.24, 2.45) is 0 Å². The van der Waals surface area contributed by atoms with Gasteiger partial charge in [-0.1, -0.05) is 59.8 Å². The van der Waals surface area contributed by atoms with Gasteiger partial charge in [-0.25, -0.2) is 4.68 Å². The van der Waals surface area contributed by atoms with E-state index < -0.39 is 35.9 Å². The molecule has 1 aromatic heterocycles. The number of hydrogen-bond acceptors (Lipinski definition) is 3. The summed E-state index contributed by atoms with van der Waals surface area (Å²) >= 11 is 0. The van der Waals surface area contributed by atoms with Crippen LogP contribution in [-0.4, -0.2) is 20.9 Å². The molecule has 0 aliphatic rings. The van der Waals surface area contributed by atoms with Gasteiger partial charge in [0.15, 0.2) is 5.69 Å². The van der Waals surface area contributed by atoms with Crippen LogP contribution in [0, 0.1) is 6.92 Å². The van der Waals surface area contributed by atoms with Gasteiger partial charge in [0, 0.05) is 12.1 Å². The van der Waals surface area contributed by atoms with Gasteiger partial charge in [-0.2, -0.15) is 26.3 Å². The van der Waals surface area contributed by atoms with E-state index in [1.165, 1.54) is 0 Å². The molecule has 0 unspecified atom stereocenters. The molecular weight excluding hydrogens is 498 g/mol. The van der Waals surface area contributed by atoms with Crippen molar-refractivity contribution in [2.45, 2.75) is 32.4 Å². The lowest BCUT2D eigenvalue weighted by molar-refractivity contribution is -0.143. The molecule has 0 radical (unpaired) electrons. The Kier molecular flexibility index (Phi) is 7.06. The quantitative estimate of drug-likeness (QED) is 0.306. The fraction of sp³-hybridized carbons (Fsp3) is 0.192. The minimum atomic E-state index is -4.98. The molecule has 0 aliphatic heterocycles. The second kappa shape index (κ2) is 10.1. The van der Waals surface area contributed by atoms with Crippen molar-refractivity contribution in [3.63, 3.8) is 0 Å². The Hall–Kier alpha value is -4.15. The van der Waals surface area contributed by atoms with Gasteiger partial charge >= 0.3 is 12.4 Å². The molecule has 0 fully saturated rings. The topological polar surface area (TPSA) is 59.8 Å². The number of amides is 1. The van der Waals surface area contributed by atoms with Crippen LogP contribution in [0.25, 0.3) is 11.3 Å². The van der Waals surface area contributed by atoms with E-state index in [4.69, 9.17) is 0 Å². The number of aromatic nitrogens is 3. The van der Waals surface area contributed by atoms with E-state index in [1.807, 2.05) is 31.2 Å². The summed E-state index contributed by atoms with van der Waals surface area (Å²) in [5, 5.41) is 10.6. The van der Waals surface area contributed by atoms with Crippen molar-refractivity contribution in [1.29, 1.82) is 0 Å². The van der Waals surface area contributed by atoms with E-state index in [2.05, 4.69) is 15.6 Å². The van der Waals surface area contributed by atoms with Crippen LogP contribution in [0.3, 0.4) is 0 Å². The lowest BCUT2D eigenvalue weighted by Gasteiger charge is -2.15. The molecule has 0 spiro atoms. The summed E-state index contributed by atoms with van der Waals surface area (Å²) in [6.07, 6.45) is -9.97. The fourth-order valence-electron chi connectivity index (χ4n) is 3.81. The van der Waals surface area contributed by atoms with Gasteiger partial charge in [0.1, 0.15) is 5.69 Å². The molecule has 0 saturated heterocycles. The molecule has 4 rings (SSSR count). The second-order valence-electron chi connectivity index (χ2n) is 8.33. The molecule has 5 nitrogen and oxygen atoms in total. The number of nitrogens with one attached hydrogen (secondary N) is 1. The highest BCUT2D eigenvalue weighted by Gasteiger charge is 2.37. The summed E-state index contributed by atoms with van der Waals surface area (Å²) in [6.45, 7) is 1.60. The van der Waals surface area contributed by atoms with Crippen molar-refractivity contribution in [2.75, 3.05) is 0 Å². The van der Waals surface area contributed by atoms with Gasteiger partial charge < -0.3 is 5.32 Å². The largest absolute Gasteiger partial charge is 0.416 e. The smallest absolute Gasteiger partial charge is 0.346 e. The zero-order chi connectivity index (χ0) is 26.8. The van der Waals surface area contributed by atoms with Gasteiger partial charge in [-0.15, -0.1) is 5.10 Å². The number of hydrogen-bond donors (Lipinski definition) is 1. The zero-order valence-corrected chi connectivity index (χ0v) is 19.4. The number of aryl methyl sites for hydroxylation is 1. The summed E-state index contributed by atoms with van der Waals surface area (Å²) in [7, 11) is 0. The van der Waals surface area contributed by atoms with Crippen LogP contribution in [0.1, 0.15) is 38.3 Å². The zero-order valence-electron chi connectivity index (χ0n) is 19.4. The highest BCUT2D eigenvalue weighted by molar-refractivity contribution is 5.98. The first-order valence-electron chi connectivity index (χ1n) is 11.0. The first kappa shape index (κ1) is 25.9. The third-order valence-electron chi connectivity index (χ3n) is 5.68. The normalized spacial score (nSPS) is 12.0. The van der Waals surface area contributed by atoms with E-state index in [1.54, 1.807) is 30.3 Å². The van der Waals surface area contributed by atoms with E-state index in [9.17, 15) is 31.1 Å². The maximum Gasteiger partial charge on any atom is 0.416 e. The predicted octanol–water partition coefficient (Wildman–Crippen LogP) is 6.27. The molecule has 1 N–H and O–H groups in total. The molecule has 1 heterocycles. The average molecular weight is 518 g/mol. The van der Waals surface area contributed by atoms with E-state index >= 15 is 0 Å². The standard InChI is InChI=1S/C26H20F6N4O/c1-16-7-5-6-10-19(16)14-33-24(37)22-23(18-8-3-2-4-9-18)36(35-34-22)15-17-11-20(25(27,28)29)13-21(12-17)26(30,31)32/h2-13H,14-15H2,1H3,(H,33,37). The molecule has 11 heteroatoms. The third kappa shape index (κ3) is 5.99. The fourth-order valence-corrected chi connectivity index (χ4v) is 3.81. The van der Waals surface area contributed by atoms with E-state index in [-0.39, 0.29) is 29.6 Å². The van der Waals surface area contributed by atoms with Crippen LogP contribution in [0.2, 0.25) is 0 Å². The SMILES string of the molecule is Cc1ccccc1CNC(=O)c1nnn(Cc2cc(C(F)(F)F)cc(C(F)(F)F)c2)c1-c1ccccc1. The highest BCUT2D eigenvalue weighted by Crippen LogP contribution is 2.36. The number of nitrogens with zero attached hydrogens (tertiary/aromatic N) is 3. The second-order valence-corrected chi connectivity index (χ2v) is 8.33. The average Bonchev–Trinajstić information content (AvgIpc) is 3.26. The summed E-state index contributed by atoms with van der Waals surface area (Å²) < 4.78 is 81.1. The lowest BCUT2D eigenvalue weighted by Crippen LogP contribution is -2.24. The van der Waals surface area contributed by atoms with Crippen LogP contribution < -0.4 is 5.32 Å². The molecule has 3 aromatic carbocycles. The van der Waals surface area contributed by atoms with Crippen LogP contribution in [0.15, 0.2) is 72.8 Å². The van der Waals surface area contributed by atoms with Gasteiger partial charge in [-0.05, 0) is 41.8 Å². The highest BCUT2D eigenvalue weighted by atomic mass is 19.4. The summed E-state index contributed by atoms with van der Waals surface area (Å²) in [6, 6.07) is 17.1. The molecule has 4 aromatic rings. The number of rotatable bonds is 6. The van der Waals surface area contributed by atoms with Gasteiger partial charge in [-0.3, -0.25) is 4.79 Å². The number of carbonyl (C=O) groups is 1. The molecule has 0 bridgehead atoms. The summed E-state index contributed by atoms with van der Waals surface area (Å²) in [4.78, 5) is 13.0. The number of carbonyl (C=O) groups excluding carboxylic acids is 1. The maximum absolute atomic E-state index is 13.3. The van der Waals surface area contributed by atoms with E-state index in [0.29, 0.717) is 17.7 Å². The molecule has 1 amide bonds. The summed E-state index contributed by atoms with van der Waals surface area (Å²) in [5.41, 5.74) is -0.818. The third-order valence-corrected chi connectivity index (χ3v) is 5.68. The van der Waals surface area contributed by atoms with Crippen molar-refractivity contribution in [3.8, 4) is 11.3 Å². The Morgan fingerprint density at radius 1 is 0.865 bits per heavy atom. The van der Waals surface area contributed by atoms with Crippen molar-refractivity contribution < 1.29 is 31.1 Å². The monoisotopic (exact) mass is 518 g/mol. The van der Waals surface area contributed by atoms with Crippen molar-refractivity contribution in [1.82, 2.24) is 20.3 Å². The predicted molar refractivity (Wildman–Crippen MR) is 123 cm³/mol. The van der Waals surface area contributed by atoms with Crippen molar-refractivity contribution >= 4 is 5.91 Å². The Morgan fingerprint density at radius 3 is 2.05 bits per heavy atom. The molecule has 0 atom stereocenters. The van der Waals surface area contributed by atoms with E-state index in [0.717, 1.165) is 15.8 Å². The lowest BCUT2D eigenvalue weighted by atomic mass is 10.0. The first-order valence-corrected chi connectivity index (χ1v) is 11.0. The number of alkyl halides is 6. The minimum Gasteiger partial charge on any atom is -0.346 e. The first-order chi connectivity index (χ1) is 17.4. The Labute approximate surface area is 207 Å². The Morgan fingerprint density at radius 2 is 1.46 bits per heavy atom. The molecular formula is C26H20F6N4O. The Bertz CT molecular complexity index is 1380. The van der Waals surface area contributed by atoms with Crippen LogP contribution in [-0.2, 0) is 25.4 Å². The van der Waals surface area contributed by atoms with Crippen LogP contribution in [0.4, 0.5) is 26.3 Å². The number of benzene rings is 3. The number of halogens is 6. The van der Waals surface area contributed by atoms with Gasteiger partial charge in [0.25, 0.3) is 5.91 Å². The molecule has 0 aliphatic carbocycles. The van der Waals surface area contributed by atoms with Crippen LogP contribution >= 0.6 is 0 Å². The molecule has 0 saturated carbocycles. The van der Waals surface area contributed by atoms with Gasteiger partial charge in [0.05, 0.1) is 17.7 Å². The summed E-state index contributed by atoms with van der Waals surface area (Å²) in [5.74, 6) is -0.589.